The van der Waals surface area contributed by atoms with Gasteiger partial charge in [-0.15, -0.1) is 5.10 Å². The number of carbonyl (C=O) groups is 2. The quantitative estimate of drug-likeness (QED) is 0.682. The molecule has 0 aliphatic carbocycles. The third-order valence-corrected chi connectivity index (χ3v) is 4.55. The third-order valence-electron chi connectivity index (χ3n) is 4.55. The Morgan fingerprint density at radius 2 is 2.29 bits per heavy atom. The average molecular weight is 382 g/mol. The maximum absolute atomic E-state index is 12.7. The van der Waals surface area contributed by atoms with Gasteiger partial charge in [0.15, 0.2) is 0 Å². The van der Waals surface area contributed by atoms with E-state index < -0.39 is 5.92 Å². The van der Waals surface area contributed by atoms with Crippen molar-refractivity contribution in [3.05, 3.63) is 48.7 Å². The summed E-state index contributed by atoms with van der Waals surface area (Å²) in [6.45, 7) is 0.711. The summed E-state index contributed by atoms with van der Waals surface area (Å²) in [4.78, 5) is 26.5. The Kier molecular flexibility index (Phi) is 4.75. The van der Waals surface area contributed by atoms with Crippen molar-refractivity contribution in [2.24, 2.45) is 5.92 Å². The molecule has 1 aliphatic rings. The van der Waals surface area contributed by atoms with Gasteiger partial charge < -0.3 is 19.4 Å². The molecule has 10 nitrogen and oxygen atoms in total. The first-order valence-electron chi connectivity index (χ1n) is 8.66. The molecule has 1 N–H and O–H groups in total. The van der Waals surface area contributed by atoms with Gasteiger partial charge in [-0.05, 0) is 40.8 Å². The summed E-state index contributed by atoms with van der Waals surface area (Å²) in [6.07, 6.45) is 3.17. The highest BCUT2D eigenvalue weighted by atomic mass is 16.5. The molecule has 2 amide bonds. The molecular formula is C18H18N6O4. The minimum atomic E-state index is -0.430. The second kappa shape index (κ2) is 7.51. The van der Waals surface area contributed by atoms with E-state index in [2.05, 4.69) is 20.8 Å². The highest BCUT2D eigenvalue weighted by Crippen LogP contribution is 2.27. The number of nitrogens with one attached hydrogen (secondary N) is 1. The van der Waals surface area contributed by atoms with Crippen LogP contribution in [-0.4, -0.2) is 50.6 Å². The van der Waals surface area contributed by atoms with Gasteiger partial charge in [-0.3, -0.25) is 9.59 Å². The van der Waals surface area contributed by atoms with Crippen LogP contribution in [0, 0.1) is 5.92 Å². The van der Waals surface area contributed by atoms with Crippen molar-refractivity contribution in [1.82, 2.24) is 25.1 Å². The van der Waals surface area contributed by atoms with Crippen molar-refractivity contribution >= 4 is 17.5 Å². The lowest BCUT2D eigenvalue weighted by Gasteiger charge is -2.15. The van der Waals surface area contributed by atoms with E-state index in [0.717, 1.165) is 0 Å². The Hall–Kier alpha value is -3.69. The molecule has 0 saturated carbocycles. The predicted molar refractivity (Wildman–Crippen MR) is 96.6 cm³/mol. The number of aromatic nitrogens is 4. The van der Waals surface area contributed by atoms with Crippen LogP contribution in [0.4, 0.5) is 5.69 Å². The number of amides is 2. The lowest BCUT2D eigenvalue weighted by Crippen LogP contribution is -2.27. The molecule has 1 fully saturated rings. The Bertz CT molecular complexity index is 970. The molecule has 4 rings (SSSR count). The fraction of sp³-hybridized carbons (Fsp3) is 0.278. The van der Waals surface area contributed by atoms with Crippen molar-refractivity contribution in [1.29, 1.82) is 0 Å². The van der Waals surface area contributed by atoms with Gasteiger partial charge in [0.05, 0.1) is 25.8 Å². The first-order valence-corrected chi connectivity index (χ1v) is 8.66. The van der Waals surface area contributed by atoms with Gasteiger partial charge in [0.2, 0.25) is 11.8 Å². The second-order valence-electron chi connectivity index (χ2n) is 6.38. The smallest absolute Gasteiger partial charge is 0.229 e. The van der Waals surface area contributed by atoms with Gasteiger partial charge in [-0.1, -0.05) is 0 Å². The van der Waals surface area contributed by atoms with Gasteiger partial charge in [-0.2, -0.15) is 4.68 Å². The molecule has 1 atom stereocenters. The maximum Gasteiger partial charge on any atom is 0.229 e. The number of ether oxygens (including phenoxy) is 1. The van der Waals surface area contributed by atoms with Gasteiger partial charge in [-0.25, -0.2) is 0 Å². The van der Waals surface area contributed by atoms with Crippen LogP contribution in [0.1, 0.15) is 12.2 Å². The molecule has 1 saturated heterocycles. The lowest BCUT2D eigenvalue weighted by molar-refractivity contribution is -0.128. The fourth-order valence-electron chi connectivity index (χ4n) is 3.15. The highest BCUT2D eigenvalue weighted by Gasteiger charge is 2.34. The van der Waals surface area contributed by atoms with Crippen LogP contribution in [0.2, 0.25) is 0 Å². The number of methoxy groups -OCH3 is 1. The van der Waals surface area contributed by atoms with Crippen LogP contribution >= 0.6 is 0 Å². The molecule has 1 aliphatic heterocycles. The van der Waals surface area contributed by atoms with Crippen molar-refractivity contribution in [2.45, 2.75) is 13.0 Å². The first-order chi connectivity index (χ1) is 13.6. The predicted octanol–water partition coefficient (Wildman–Crippen LogP) is 1.25. The molecule has 10 heteroatoms. The maximum atomic E-state index is 12.7. The Balaban J connectivity index is 1.45. The zero-order valence-corrected chi connectivity index (χ0v) is 15.1. The third kappa shape index (κ3) is 3.56. The number of anilines is 1. The van der Waals surface area contributed by atoms with E-state index in [9.17, 15) is 9.59 Å². The molecular weight excluding hydrogens is 364 g/mol. The molecule has 1 unspecified atom stereocenters. The van der Waals surface area contributed by atoms with E-state index in [-0.39, 0.29) is 18.2 Å². The Morgan fingerprint density at radius 3 is 3.00 bits per heavy atom. The van der Waals surface area contributed by atoms with E-state index in [1.807, 2.05) is 0 Å². The average Bonchev–Trinajstić information content (AvgIpc) is 3.45. The summed E-state index contributed by atoms with van der Waals surface area (Å²) in [5.41, 5.74) is 1.15. The van der Waals surface area contributed by atoms with Crippen LogP contribution in [-0.2, 0) is 16.1 Å². The number of rotatable bonds is 6. The first kappa shape index (κ1) is 17.7. The number of hydrogen-bond acceptors (Lipinski definition) is 7. The van der Waals surface area contributed by atoms with Gasteiger partial charge in [0.1, 0.15) is 23.5 Å². The van der Waals surface area contributed by atoms with E-state index in [1.165, 1.54) is 11.0 Å². The van der Waals surface area contributed by atoms with Crippen molar-refractivity contribution in [3.8, 4) is 11.4 Å². The number of hydrogen-bond donors (Lipinski definition) is 1. The summed E-state index contributed by atoms with van der Waals surface area (Å²) in [7, 11) is 1.54. The van der Waals surface area contributed by atoms with E-state index in [4.69, 9.17) is 9.15 Å². The molecule has 0 radical (unpaired) electrons. The van der Waals surface area contributed by atoms with Crippen LogP contribution in [0.15, 0.2) is 47.3 Å². The number of carbonyl (C=O) groups excluding carboxylic acids is 2. The summed E-state index contributed by atoms with van der Waals surface area (Å²) in [6, 6.07) is 8.73. The zero-order valence-electron chi connectivity index (χ0n) is 15.1. The molecule has 3 aromatic rings. The standard InChI is InChI=1S/C18H18N6O4/c1-27-16-5-4-13(8-15(16)24-11-19-21-22-24)20-18(26)12-7-17(25)23(9-12)10-14-3-2-6-28-14/h2-6,8,11-12H,7,9-10H2,1H3,(H,20,26). The summed E-state index contributed by atoms with van der Waals surface area (Å²) in [5, 5.41) is 13.9. The Labute approximate surface area is 160 Å². The second-order valence-corrected chi connectivity index (χ2v) is 6.38. The number of furan rings is 1. The van der Waals surface area contributed by atoms with Gasteiger partial charge in [0.25, 0.3) is 0 Å². The fourth-order valence-corrected chi connectivity index (χ4v) is 3.15. The normalized spacial score (nSPS) is 16.4. The highest BCUT2D eigenvalue weighted by molar-refractivity contribution is 5.97. The molecule has 0 bridgehead atoms. The zero-order chi connectivity index (χ0) is 19.5. The monoisotopic (exact) mass is 382 g/mol. The molecule has 1 aromatic carbocycles. The molecule has 3 heterocycles. The minimum absolute atomic E-state index is 0.0688. The van der Waals surface area contributed by atoms with Crippen LogP contribution in [0.25, 0.3) is 5.69 Å². The Morgan fingerprint density at radius 1 is 1.39 bits per heavy atom. The number of nitrogens with zero attached hydrogens (tertiary/aromatic N) is 5. The van der Waals surface area contributed by atoms with E-state index in [1.54, 1.807) is 48.6 Å². The van der Waals surface area contributed by atoms with Gasteiger partial charge >= 0.3 is 0 Å². The molecule has 144 valence electrons. The largest absolute Gasteiger partial charge is 0.494 e. The van der Waals surface area contributed by atoms with Crippen LogP contribution in [0.5, 0.6) is 5.75 Å². The van der Waals surface area contributed by atoms with Crippen molar-refractivity contribution in [3.63, 3.8) is 0 Å². The van der Waals surface area contributed by atoms with Crippen molar-refractivity contribution in [2.75, 3.05) is 19.0 Å². The number of likely N-dealkylation sites (tertiary alicyclic amines) is 1. The summed E-state index contributed by atoms with van der Waals surface area (Å²) in [5.74, 6) is 0.534. The van der Waals surface area contributed by atoms with E-state index >= 15 is 0 Å². The molecule has 0 spiro atoms. The lowest BCUT2D eigenvalue weighted by atomic mass is 10.1. The number of tetrazole rings is 1. The minimum Gasteiger partial charge on any atom is -0.494 e. The molecule has 2 aromatic heterocycles. The number of benzene rings is 1. The summed E-state index contributed by atoms with van der Waals surface area (Å²) < 4.78 is 12.0. The van der Waals surface area contributed by atoms with Crippen LogP contribution < -0.4 is 10.1 Å². The summed E-state index contributed by atoms with van der Waals surface area (Å²) >= 11 is 0. The van der Waals surface area contributed by atoms with Crippen molar-refractivity contribution < 1.29 is 18.7 Å². The van der Waals surface area contributed by atoms with Gasteiger partial charge in [0, 0.05) is 18.7 Å². The topological polar surface area (TPSA) is 115 Å². The SMILES string of the molecule is COc1ccc(NC(=O)C2CC(=O)N(Cc3ccco3)C2)cc1-n1cnnn1. The van der Waals surface area contributed by atoms with Crippen LogP contribution in [0.3, 0.4) is 0 Å². The molecule has 28 heavy (non-hydrogen) atoms. The van der Waals surface area contributed by atoms with E-state index in [0.29, 0.717) is 36.0 Å².